The number of alkyl halides is 3. The van der Waals surface area contributed by atoms with Crippen LogP contribution in [0.25, 0.3) is 5.82 Å². The van der Waals surface area contributed by atoms with E-state index in [1.807, 2.05) is 0 Å². The van der Waals surface area contributed by atoms with Gasteiger partial charge in [-0.05, 0) is 52.7 Å². The Morgan fingerprint density at radius 1 is 1.21 bits per heavy atom. The molecule has 0 bridgehead atoms. The smallest absolute Gasteiger partial charge is 0.397 e. The number of halogens is 3. The molecule has 0 atom stereocenters. The van der Waals surface area contributed by atoms with E-state index in [4.69, 9.17) is 9.47 Å². The zero-order valence-corrected chi connectivity index (χ0v) is 16.1. The van der Waals surface area contributed by atoms with Crippen LogP contribution in [-0.4, -0.2) is 39.1 Å². The van der Waals surface area contributed by atoms with Gasteiger partial charge in [-0.25, -0.2) is 14.5 Å². The van der Waals surface area contributed by atoms with Crippen LogP contribution in [0.1, 0.15) is 49.7 Å². The standard InChI is InChI=1S/C19H22F3N3O3/c1-12-13(16(26)28-17(2,3)4)5-6-14(23-12)25-10-7-15(24-25)27-11-18(8-9-18)19(20,21)22/h5-7,10H,8-9,11H2,1-4H3. The second kappa shape index (κ2) is 6.79. The summed E-state index contributed by atoms with van der Waals surface area (Å²) in [5.41, 5.74) is -1.58. The van der Waals surface area contributed by atoms with Crippen molar-refractivity contribution in [2.75, 3.05) is 6.61 Å². The van der Waals surface area contributed by atoms with Crippen molar-refractivity contribution in [1.82, 2.24) is 14.8 Å². The molecule has 0 saturated heterocycles. The fourth-order valence-corrected chi connectivity index (χ4v) is 2.61. The summed E-state index contributed by atoms with van der Waals surface area (Å²) in [4.78, 5) is 16.5. The van der Waals surface area contributed by atoms with Crippen molar-refractivity contribution < 1.29 is 27.4 Å². The normalized spacial score (nSPS) is 16.0. The molecular weight excluding hydrogens is 375 g/mol. The molecule has 0 spiro atoms. The Balaban J connectivity index is 1.70. The Bertz CT molecular complexity index is 881. The fraction of sp³-hybridized carbons (Fsp3) is 0.526. The van der Waals surface area contributed by atoms with E-state index in [1.165, 1.54) is 16.9 Å². The van der Waals surface area contributed by atoms with Gasteiger partial charge < -0.3 is 9.47 Å². The van der Waals surface area contributed by atoms with Gasteiger partial charge in [-0.2, -0.15) is 13.2 Å². The minimum Gasteiger partial charge on any atom is -0.476 e. The predicted molar refractivity (Wildman–Crippen MR) is 94.5 cm³/mol. The Morgan fingerprint density at radius 2 is 1.89 bits per heavy atom. The number of aryl methyl sites for hydroxylation is 1. The molecule has 1 saturated carbocycles. The third-order valence-electron chi connectivity index (χ3n) is 4.44. The third kappa shape index (κ3) is 4.28. The molecule has 1 aliphatic carbocycles. The zero-order chi connectivity index (χ0) is 20.7. The van der Waals surface area contributed by atoms with Crippen LogP contribution in [0.15, 0.2) is 24.4 Å². The summed E-state index contributed by atoms with van der Waals surface area (Å²) >= 11 is 0. The van der Waals surface area contributed by atoms with Crippen molar-refractivity contribution in [2.45, 2.75) is 52.3 Å². The highest BCUT2D eigenvalue weighted by Crippen LogP contribution is 2.57. The van der Waals surface area contributed by atoms with Gasteiger partial charge in [-0.3, -0.25) is 0 Å². The number of aromatic nitrogens is 3. The van der Waals surface area contributed by atoms with Gasteiger partial charge in [0.2, 0.25) is 5.88 Å². The lowest BCUT2D eigenvalue weighted by atomic mass is 10.1. The number of carbonyl (C=O) groups is 1. The van der Waals surface area contributed by atoms with E-state index in [2.05, 4.69) is 10.1 Å². The number of esters is 1. The van der Waals surface area contributed by atoms with Crippen molar-refractivity contribution in [3.05, 3.63) is 35.7 Å². The molecule has 3 rings (SSSR count). The lowest BCUT2D eigenvalue weighted by molar-refractivity contribution is -0.194. The van der Waals surface area contributed by atoms with Crippen molar-refractivity contribution >= 4 is 5.97 Å². The van der Waals surface area contributed by atoms with Crippen LogP contribution in [0.3, 0.4) is 0 Å². The van der Waals surface area contributed by atoms with E-state index in [9.17, 15) is 18.0 Å². The lowest BCUT2D eigenvalue weighted by Gasteiger charge is -2.20. The van der Waals surface area contributed by atoms with Crippen LogP contribution < -0.4 is 4.74 Å². The van der Waals surface area contributed by atoms with E-state index in [1.54, 1.807) is 39.8 Å². The van der Waals surface area contributed by atoms with Gasteiger partial charge in [0, 0.05) is 12.3 Å². The summed E-state index contributed by atoms with van der Waals surface area (Å²) in [6.45, 7) is 6.55. The summed E-state index contributed by atoms with van der Waals surface area (Å²) < 4.78 is 50.9. The Labute approximate surface area is 160 Å². The number of pyridine rings is 1. The molecule has 2 aromatic rings. The van der Waals surface area contributed by atoms with Crippen LogP contribution in [0.5, 0.6) is 5.88 Å². The molecule has 0 N–H and O–H groups in total. The summed E-state index contributed by atoms with van der Waals surface area (Å²) in [5, 5.41) is 4.12. The Kier molecular flexibility index (Phi) is 4.89. The molecule has 2 aromatic heterocycles. The SMILES string of the molecule is Cc1nc(-n2ccc(OCC3(C(F)(F)F)CC3)n2)ccc1C(=O)OC(C)(C)C. The summed E-state index contributed by atoms with van der Waals surface area (Å²) in [7, 11) is 0. The van der Waals surface area contributed by atoms with Gasteiger partial charge in [-0.15, -0.1) is 5.10 Å². The second-order valence-corrected chi connectivity index (χ2v) is 7.97. The van der Waals surface area contributed by atoms with Crippen molar-refractivity contribution in [3.63, 3.8) is 0 Å². The maximum absolute atomic E-state index is 13.0. The molecule has 2 heterocycles. The maximum atomic E-state index is 13.0. The summed E-state index contributed by atoms with van der Waals surface area (Å²) in [6.07, 6.45) is -2.59. The highest BCUT2D eigenvalue weighted by Gasteiger charge is 2.64. The molecule has 152 valence electrons. The topological polar surface area (TPSA) is 66.2 Å². The van der Waals surface area contributed by atoms with Gasteiger partial charge in [0.25, 0.3) is 0 Å². The van der Waals surface area contributed by atoms with Crippen molar-refractivity contribution in [3.8, 4) is 11.7 Å². The first kappa shape index (κ1) is 20.2. The van der Waals surface area contributed by atoms with Gasteiger partial charge >= 0.3 is 12.1 Å². The van der Waals surface area contributed by atoms with Gasteiger partial charge in [0.05, 0.1) is 11.3 Å². The third-order valence-corrected chi connectivity index (χ3v) is 4.44. The van der Waals surface area contributed by atoms with Gasteiger partial charge in [0.1, 0.15) is 17.6 Å². The highest BCUT2D eigenvalue weighted by molar-refractivity contribution is 5.90. The molecule has 0 aromatic carbocycles. The Hall–Kier alpha value is -2.58. The van der Waals surface area contributed by atoms with Crippen molar-refractivity contribution in [1.29, 1.82) is 0 Å². The number of hydrogen-bond acceptors (Lipinski definition) is 5. The first-order chi connectivity index (χ1) is 12.9. The molecule has 0 radical (unpaired) electrons. The Morgan fingerprint density at radius 3 is 2.43 bits per heavy atom. The second-order valence-electron chi connectivity index (χ2n) is 7.97. The molecule has 1 fully saturated rings. The summed E-state index contributed by atoms with van der Waals surface area (Å²) in [5.74, 6) is 0.0261. The van der Waals surface area contributed by atoms with Crippen molar-refractivity contribution in [2.24, 2.45) is 5.41 Å². The highest BCUT2D eigenvalue weighted by atomic mass is 19.4. The average Bonchev–Trinajstić information content (AvgIpc) is 3.22. The van der Waals surface area contributed by atoms with Crippen LogP contribution in [-0.2, 0) is 4.74 Å². The molecule has 0 amide bonds. The van der Waals surface area contributed by atoms with Crippen LogP contribution >= 0.6 is 0 Å². The number of ether oxygens (including phenoxy) is 2. The fourth-order valence-electron chi connectivity index (χ4n) is 2.61. The van der Waals surface area contributed by atoms with Crippen LogP contribution in [0.2, 0.25) is 0 Å². The largest absolute Gasteiger partial charge is 0.476 e. The molecule has 6 nitrogen and oxygen atoms in total. The van der Waals surface area contributed by atoms with E-state index >= 15 is 0 Å². The quantitative estimate of drug-likeness (QED) is 0.706. The van der Waals surface area contributed by atoms with Gasteiger partial charge in [0.15, 0.2) is 5.82 Å². The van der Waals surface area contributed by atoms with E-state index in [0.717, 1.165) is 0 Å². The number of nitrogens with zero attached hydrogens (tertiary/aromatic N) is 3. The zero-order valence-electron chi connectivity index (χ0n) is 16.1. The number of rotatable bonds is 5. The molecular formula is C19H22F3N3O3. The van der Waals surface area contributed by atoms with E-state index in [0.29, 0.717) is 17.1 Å². The first-order valence-electron chi connectivity index (χ1n) is 8.87. The lowest BCUT2D eigenvalue weighted by Crippen LogP contribution is -2.30. The summed E-state index contributed by atoms with van der Waals surface area (Å²) in [6, 6.07) is 4.64. The molecule has 0 aliphatic heterocycles. The monoisotopic (exact) mass is 397 g/mol. The molecule has 9 heteroatoms. The average molecular weight is 397 g/mol. The maximum Gasteiger partial charge on any atom is 0.397 e. The van der Waals surface area contributed by atoms with Gasteiger partial charge in [-0.1, -0.05) is 0 Å². The molecule has 28 heavy (non-hydrogen) atoms. The predicted octanol–water partition coefficient (Wildman–Crippen LogP) is 4.25. The minimum atomic E-state index is -4.27. The minimum absolute atomic E-state index is 0.0735. The van der Waals surface area contributed by atoms with Crippen LogP contribution in [0, 0.1) is 12.3 Å². The van der Waals surface area contributed by atoms with E-state index < -0.39 is 29.8 Å². The molecule has 1 aliphatic rings. The molecule has 0 unspecified atom stereocenters. The number of hydrogen-bond donors (Lipinski definition) is 0. The number of carbonyl (C=O) groups excluding carboxylic acids is 1. The first-order valence-corrected chi connectivity index (χ1v) is 8.87. The van der Waals surface area contributed by atoms with E-state index in [-0.39, 0.29) is 18.7 Å². The van der Waals surface area contributed by atoms with Crippen LogP contribution in [0.4, 0.5) is 13.2 Å².